The minimum Gasteiger partial charge on any atom is -0.469 e. The van der Waals surface area contributed by atoms with Crippen LogP contribution in [0.5, 0.6) is 0 Å². The van der Waals surface area contributed by atoms with Gasteiger partial charge in [0.1, 0.15) is 0 Å². The molecule has 1 aliphatic heterocycles. The van der Waals surface area contributed by atoms with E-state index < -0.39 is 0 Å². The Balaban J connectivity index is 1.95. The van der Waals surface area contributed by atoms with Gasteiger partial charge < -0.3 is 14.2 Å². The van der Waals surface area contributed by atoms with Crippen LogP contribution in [0.25, 0.3) is 0 Å². The highest BCUT2D eigenvalue weighted by Gasteiger charge is 2.26. The molecule has 1 aliphatic rings. The first-order chi connectivity index (χ1) is 7.72. The molecule has 0 amide bonds. The number of ether oxygens (including phenoxy) is 1. The van der Waals surface area contributed by atoms with Crippen LogP contribution in [0.2, 0.25) is 0 Å². The summed E-state index contributed by atoms with van der Waals surface area (Å²) in [5.74, 6) is 0.948. The van der Waals surface area contributed by atoms with Crippen LogP contribution in [0.1, 0.15) is 12.8 Å². The number of imidazole rings is 1. The van der Waals surface area contributed by atoms with Crippen LogP contribution >= 0.6 is 0 Å². The predicted molar refractivity (Wildman–Crippen MR) is 60.2 cm³/mol. The molecule has 1 aromatic rings. The molecule has 16 heavy (non-hydrogen) atoms. The van der Waals surface area contributed by atoms with Crippen LogP contribution in [0.3, 0.4) is 0 Å². The molecule has 5 heteroatoms. The molecule has 0 radical (unpaired) electrons. The smallest absolute Gasteiger partial charge is 0.308 e. The van der Waals surface area contributed by atoms with Crippen molar-refractivity contribution >= 4 is 11.9 Å². The Morgan fingerprint density at radius 1 is 1.50 bits per heavy atom. The van der Waals surface area contributed by atoms with Gasteiger partial charge >= 0.3 is 5.97 Å². The van der Waals surface area contributed by atoms with Crippen LogP contribution < -0.4 is 4.90 Å². The van der Waals surface area contributed by atoms with E-state index in [4.69, 9.17) is 4.74 Å². The van der Waals surface area contributed by atoms with E-state index in [1.165, 1.54) is 7.11 Å². The number of carbonyl (C=O) groups excluding carboxylic acids is 1. The zero-order chi connectivity index (χ0) is 11.5. The lowest BCUT2D eigenvalue weighted by Crippen LogP contribution is -2.38. The number of piperidine rings is 1. The maximum Gasteiger partial charge on any atom is 0.308 e. The molecule has 0 spiro atoms. The van der Waals surface area contributed by atoms with Gasteiger partial charge in [-0.1, -0.05) is 0 Å². The summed E-state index contributed by atoms with van der Waals surface area (Å²) in [6.07, 6.45) is 5.42. The third-order valence-electron chi connectivity index (χ3n) is 3.11. The minimum absolute atomic E-state index is 0.0570. The third-order valence-corrected chi connectivity index (χ3v) is 3.11. The van der Waals surface area contributed by atoms with Gasteiger partial charge in [-0.15, -0.1) is 0 Å². The Kier molecular flexibility index (Phi) is 3.12. The molecule has 0 aliphatic carbocycles. The summed E-state index contributed by atoms with van der Waals surface area (Å²) in [5, 5.41) is 0. The molecule has 5 nitrogen and oxygen atoms in total. The Hall–Kier alpha value is -1.52. The van der Waals surface area contributed by atoms with Crippen molar-refractivity contribution in [3.8, 4) is 0 Å². The molecule has 0 saturated carbocycles. The average molecular weight is 223 g/mol. The Morgan fingerprint density at radius 2 is 2.19 bits per heavy atom. The lowest BCUT2D eigenvalue weighted by Gasteiger charge is -2.31. The minimum atomic E-state index is -0.0838. The number of nitrogens with zero attached hydrogens (tertiary/aromatic N) is 3. The zero-order valence-corrected chi connectivity index (χ0v) is 9.72. The standard InChI is InChI=1S/C11H17N3O2/c1-13-8-5-12-11(13)14-6-3-9(4-7-14)10(15)16-2/h5,8-9H,3-4,6-7H2,1-2H3. The van der Waals surface area contributed by atoms with E-state index in [-0.39, 0.29) is 11.9 Å². The molecule has 1 fully saturated rings. The summed E-state index contributed by atoms with van der Waals surface area (Å²) in [6.45, 7) is 1.73. The number of rotatable bonds is 2. The van der Waals surface area contributed by atoms with Crippen molar-refractivity contribution in [2.24, 2.45) is 13.0 Å². The zero-order valence-electron chi connectivity index (χ0n) is 9.72. The number of methoxy groups -OCH3 is 1. The molecule has 2 rings (SSSR count). The molecule has 0 bridgehead atoms. The Morgan fingerprint density at radius 3 is 2.69 bits per heavy atom. The quantitative estimate of drug-likeness (QED) is 0.696. The van der Waals surface area contributed by atoms with Gasteiger partial charge in [0.2, 0.25) is 5.95 Å². The second-order valence-corrected chi connectivity index (χ2v) is 4.12. The Bertz CT molecular complexity index is 367. The molecule has 0 N–H and O–H groups in total. The topological polar surface area (TPSA) is 47.4 Å². The average Bonchev–Trinajstić information content (AvgIpc) is 2.75. The molecule has 0 aromatic carbocycles. The maximum absolute atomic E-state index is 11.4. The summed E-state index contributed by atoms with van der Waals surface area (Å²) < 4.78 is 6.76. The highest BCUT2D eigenvalue weighted by atomic mass is 16.5. The third kappa shape index (κ3) is 2.03. The number of aryl methyl sites for hydroxylation is 1. The van der Waals surface area contributed by atoms with Gasteiger partial charge in [0.15, 0.2) is 0 Å². The highest BCUT2D eigenvalue weighted by Crippen LogP contribution is 2.22. The SMILES string of the molecule is COC(=O)C1CCN(c2nccn2C)CC1. The maximum atomic E-state index is 11.4. The van der Waals surface area contributed by atoms with Crippen LogP contribution in [-0.4, -0.2) is 35.7 Å². The van der Waals surface area contributed by atoms with E-state index in [0.717, 1.165) is 31.9 Å². The van der Waals surface area contributed by atoms with Crippen LogP contribution in [0, 0.1) is 5.92 Å². The van der Waals surface area contributed by atoms with Crippen molar-refractivity contribution in [1.82, 2.24) is 9.55 Å². The van der Waals surface area contributed by atoms with E-state index in [0.29, 0.717) is 0 Å². The van der Waals surface area contributed by atoms with Crippen molar-refractivity contribution in [3.05, 3.63) is 12.4 Å². The molecule has 0 atom stereocenters. The van der Waals surface area contributed by atoms with Crippen LogP contribution in [0.4, 0.5) is 5.95 Å². The lowest BCUT2D eigenvalue weighted by molar-refractivity contribution is -0.146. The summed E-state index contributed by atoms with van der Waals surface area (Å²) in [7, 11) is 3.43. The van der Waals surface area contributed by atoms with Crippen molar-refractivity contribution < 1.29 is 9.53 Å². The molecule has 1 aromatic heterocycles. The normalized spacial score (nSPS) is 17.5. The number of carbonyl (C=O) groups is 1. The van der Waals surface area contributed by atoms with Crippen molar-refractivity contribution in [2.75, 3.05) is 25.1 Å². The fraction of sp³-hybridized carbons (Fsp3) is 0.636. The van der Waals surface area contributed by atoms with Crippen molar-refractivity contribution in [1.29, 1.82) is 0 Å². The number of anilines is 1. The van der Waals surface area contributed by atoms with Gasteiger partial charge in [-0.25, -0.2) is 4.98 Å². The second kappa shape index (κ2) is 4.55. The highest BCUT2D eigenvalue weighted by molar-refractivity contribution is 5.72. The summed E-state index contributed by atoms with van der Waals surface area (Å²) in [6, 6.07) is 0. The van der Waals surface area contributed by atoms with Crippen LogP contribution in [0.15, 0.2) is 12.4 Å². The fourth-order valence-electron chi connectivity index (χ4n) is 2.14. The Labute approximate surface area is 95.0 Å². The predicted octanol–water partition coefficient (Wildman–Crippen LogP) is 0.809. The van der Waals surface area contributed by atoms with Gasteiger partial charge in [-0.05, 0) is 12.8 Å². The van der Waals surface area contributed by atoms with Gasteiger partial charge in [-0.2, -0.15) is 0 Å². The summed E-state index contributed by atoms with van der Waals surface area (Å²) in [4.78, 5) is 17.9. The van der Waals surface area contributed by atoms with E-state index in [9.17, 15) is 4.79 Å². The lowest BCUT2D eigenvalue weighted by atomic mass is 9.97. The van der Waals surface area contributed by atoms with E-state index in [1.807, 2.05) is 17.8 Å². The van der Waals surface area contributed by atoms with Crippen molar-refractivity contribution in [3.63, 3.8) is 0 Å². The van der Waals surface area contributed by atoms with Gasteiger partial charge in [0, 0.05) is 32.5 Å². The van der Waals surface area contributed by atoms with E-state index >= 15 is 0 Å². The van der Waals surface area contributed by atoms with Crippen molar-refractivity contribution in [2.45, 2.75) is 12.8 Å². The summed E-state index contributed by atoms with van der Waals surface area (Å²) in [5.41, 5.74) is 0. The first-order valence-electron chi connectivity index (χ1n) is 5.52. The van der Waals surface area contributed by atoms with Crippen LogP contribution in [-0.2, 0) is 16.6 Å². The molecule has 88 valence electrons. The number of hydrogen-bond acceptors (Lipinski definition) is 4. The molecule has 1 saturated heterocycles. The molecular weight excluding hydrogens is 206 g/mol. The van der Waals surface area contributed by atoms with Gasteiger partial charge in [-0.3, -0.25) is 4.79 Å². The fourth-order valence-corrected chi connectivity index (χ4v) is 2.14. The number of esters is 1. The van der Waals surface area contributed by atoms with E-state index in [1.54, 1.807) is 6.20 Å². The monoisotopic (exact) mass is 223 g/mol. The largest absolute Gasteiger partial charge is 0.469 e. The molecule has 2 heterocycles. The van der Waals surface area contributed by atoms with E-state index in [2.05, 4.69) is 9.88 Å². The first-order valence-corrected chi connectivity index (χ1v) is 5.52. The summed E-state index contributed by atoms with van der Waals surface area (Å²) >= 11 is 0. The van der Waals surface area contributed by atoms with Gasteiger partial charge in [0.05, 0.1) is 13.0 Å². The first kappa shape index (κ1) is 11.0. The number of aromatic nitrogens is 2. The molecular formula is C11H17N3O2. The number of hydrogen-bond donors (Lipinski definition) is 0. The molecule has 0 unspecified atom stereocenters. The van der Waals surface area contributed by atoms with Gasteiger partial charge in [0.25, 0.3) is 0 Å². The second-order valence-electron chi connectivity index (χ2n) is 4.12.